The van der Waals surface area contributed by atoms with Crippen molar-refractivity contribution in [2.75, 3.05) is 7.11 Å². The molecule has 72 valence electrons. The first-order valence-electron chi connectivity index (χ1n) is 4.07. The smallest absolute Gasteiger partial charge is 0.249 e. The number of benzene rings is 1. The molecular formula is C10H8INO2. The lowest BCUT2D eigenvalue weighted by atomic mass is 10.2. The van der Waals surface area contributed by atoms with Gasteiger partial charge in [-0.15, -0.1) is 0 Å². The molecule has 4 heteroatoms. The Kier molecular flexibility index (Phi) is 2.45. The van der Waals surface area contributed by atoms with Gasteiger partial charge in [-0.2, -0.15) is 0 Å². The first kappa shape index (κ1) is 9.51. The van der Waals surface area contributed by atoms with Gasteiger partial charge in [0.05, 0.1) is 10.8 Å². The molecule has 0 fully saturated rings. The van der Waals surface area contributed by atoms with Gasteiger partial charge in [0.2, 0.25) is 5.56 Å². The van der Waals surface area contributed by atoms with Gasteiger partial charge in [0.15, 0.2) is 0 Å². The summed E-state index contributed by atoms with van der Waals surface area (Å²) in [4.78, 5) is 13.9. The number of nitrogens with one attached hydrogen (secondary N) is 1. The maximum absolute atomic E-state index is 11.2. The van der Waals surface area contributed by atoms with Gasteiger partial charge >= 0.3 is 0 Å². The minimum atomic E-state index is -0.0878. The number of H-pyrrole nitrogens is 1. The number of aromatic amines is 1. The fourth-order valence-corrected chi connectivity index (χ4v) is 2.10. The summed E-state index contributed by atoms with van der Waals surface area (Å²) >= 11 is 2.11. The van der Waals surface area contributed by atoms with Crippen molar-refractivity contribution >= 4 is 33.4 Å². The van der Waals surface area contributed by atoms with Crippen molar-refractivity contribution in [2.24, 2.45) is 0 Å². The number of aromatic nitrogens is 1. The number of halogens is 1. The molecule has 0 unspecified atom stereocenters. The normalized spacial score (nSPS) is 10.4. The minimum Gasteiger partial charge on any atom is -0.497 e. The number of fused-ring (bicyclic) bond motifs is 1. The first-order chi connectivity index (χ1) is 6.70. The predicted molar refractivity (Wildman–Crippen MR) is 63.8 cm³/mol. The van der Waals surface area contributed by atoms with Crippen LogP contribution in [-0.2, 0) is 0 Å². The SMILES string of the molecule is COc1ccc2c(I)[nH]c(=O)cc2c1. The summed E-state index contributed by atoms with van der Waals surface area (Å²) in [6.45, 7) is 0. The van der Waals surface area contributed by atoms with E-state index in [1.54, 1.807) is 13.2 Å². The average Bonchev–Trinajstić information content (AvgIpc) is 2.16. The predicted octanol–water partition coefficient (Wildman–Crippen LogP) is 2.14. The number of hydrogen-bond donors (Lipinski definition) is 1. The molecule has 2 aromatic rings. The van der Waals surface area contributed by atoms with Crippen molar-refractivity contribution in [2.45, 2.75) is 0 Å². The van der Waals surface area contributed by atoms with Gasteiger partial charge in [-0.25, -0.2) is 0 Å². The van der Waals surface area contributed by atoms with Crippen LogP contribution in [0.3, 0.4) is 0 Å². The highest BCUT2D eigenvalue weighted by Gasteiger charge is 2.01. The Morgan fingerprint density at radius 2 is 2.14 bits per heavy atom. The van der Waals surface area contributed by atoms with Crippen LogP contribution in [-0.4, -0.2) is 12.1 Å². The van der Waals surface area contributed by atoms with Gasteiger partial charge in [-0.05, 0) is 46.2 Å². The Hall–Kier alpha value is -1.04. The molecule has 0 aliphatic rings. The van der Waals surface area contributed by atoms with E-state index >= 15 is 0 Å². The third-order valence-corrected chi connectivity index (χ3v) is 2.87. The zero-order valence-electron chi connectivity index (χ0n) is 7.50. The summed E-state index contributed by atoms with van der Waals surface area (Å²) in [5.74, 6) is 0.763. The van der Waals surface area contributed by atoms with Gasteiger partial charge in [-0.3, -0.25) is 4.79 Å². The van der Waals surface area contributed by atoms with Crippen LogP contribution in [0.5, 0.6) is 5.75 Å². The summed E-state index contributed by atoms with van der Waals surface area (Å²) in [6.07, 6.45) is 0. The Labute approximate surface area is 94.2 Å². The van der Waals surface area contributed by atoms with E-state index in [0.717, 1.165) is 20.2 Å². The Morgan fingerprint density at radius 3 is 2.86 bits per heavy atom. The van der Waals surface area contributed by atoms with E-state index < -0.39 is 0 Å². The second-order valence-electron chi connectivity index (χ2n) is 2.90. The average molecular weight is 301 g/mol. The molecule has 0 saturated heterocycles. The van der Waals surface area contributed by atoms with Crippen molar-refractivity contribution in [1.82, 2.24) is 4.98 Å². The van der Waals surface area contributed by atoms with Gasteiger partial charge in [0.1, 0.15) is 5.75 Å². The summed E-state index contributed by atoms with van der Waals surface area (Å²) in [7, 11) is 1.61. The molecular weight excluding hydrogens is 293 g/mol. The second kappa shape index (κ2) is 3.61. The lowest BCUT2D eigenvalue weighted by Gasteiger charge is -2.03. The van der Waals surface area contributed by atoms with E-state index in [1.807, 2.05) is 18.2 Å². The van der Waals surface area contributed by atoms with Crippen molar-refractivity contribution in [3.63, 3.8) is 0 Å². The minimum absolute atomic E-state index is 0.0878. The summed E-state index contributed by atoms with van der Waals surface area (Å²) in [6, 6.07) is 7.24. The van der Waals surface area contributed by atoms with E-state index in [2.05, 4.69) is 27.6 Å². The number of pyridine rings is 1. The van der Waals surface area contributed by atoms with Gasteiger partial charge in [0.25, 0.3) is 0 Å². The van der Waals surface area contributed by atoms with E-state index in [4.69, 9.17) is 4.74 Å². The van der Waals surface area contributed by atoms with Gasteiger partial charge in [0, 0.05) is 11.5 Å². The van der Waals surface area contributed by atoms with Crippen molar-refractivity contribution in [3.8, 4) is 5.75 Å². The largest absolute Gasteiger partial charge is 0.497 e. The molecule has 0 amide bonds. The van der Waals surface area contributed by atoms with Crippen LogP contribution < -0.4 is 10.3 Å². The molecule has 0 bridgehead atoms. The lowest BCUT2D eigenvalue weighted by Crippen LogP contribution is -2.05. The Morgan fingerprint density at radius 1 is 1.36 bits per heavy atom. The molecule has 0 atom stereocenters. The van der Waals surface area contributed by atoms with Crippen molar-refractivity contribution in [1.29, 1.82) is 0 Å². The van der Waals surface area contributed by atoms with E-state index in [-0.39, 0.29) is 5.56 Å². The van der Waals surface area contributed by atoms with Crippen molar-refractivity contribution < 1.29 is 4.74 Å². The highest BCUT2D eigenvalue weighted by Crippen LogP contribution is 2.21. The van der Waals surface area contributed by atoms with Gasteiger partial charge in [-0.1, -0.05) is 0 Å². The van der Waals surface area contributed by atoms with E-state index in [9.17, 15) is 4.79 Å². The third kappa shape index (κ3) is 1.61. The molecule has 1 heterocycles. The van der Waals surface area contributed by atoms with Crippen LogP contribution in [0.2, 0.25) is 0 Å². The zero-order chi connectivity index (χ0) is 10.1. The number of rotatable bonds is 1. The highest BCUT2D eigenvalue weighted by atomic mass is 127. The number of ether oxygens (including phenoxy) is 1. The Balaban J connectivity index is 2.82. The zero-order valence-corrected chi connectivity index (χ0v) is 9.66. The second-order valence-corrected chi connectivity index (χ2v) is 3.98. The molecule has 0 aliphatic heterocycles. The van der Waals surface area contributed by atoms with E-state index in [0.29, 0.717) is 0 Å². The fraction of sp³-hybridized carbons (Fsp3) is 0.100. The quantitative estimate of drug-likeness (QED) is 0.648. The molecule has 0 aliphatic carbocycles. The third-order valence-electron chi connectivity index (χ3n) is 2.01. The molecule has 1 aromatic carbocycles. The monoisotopic (exact) mass is 301 g/mol. The summed E-state index contributed by atoms with van der Waals surface area (Å²) in [5.41, 5.74) is -0.0878. The topological polar surface area (TPSA) is 42.1 Å². The lowest BCUT2D eigenvalue weighted by molar-refractivity contribution is 0.415. The fourth-order valence-electron chi connectivity index (χ4n) is 1.34. The van der Waals surface area contributed by atoms with Gasteiger partial charge < -0.3 is 9.72 Å². The van der Waals surface area contributed by atoms with Crippen LogP contribution in [0.4, 0.5) is 0 Å². The molecule has 0 saturated carbocycles. The number of methoxy groups -OCH3 is 1. The standard InChI is InChI=1S/C10H8INO2/c1-14-7-2-3-8-6(4-7)5-9(13)12-10(8)11/h2-5H,1H3,(H,12,13). The molecule has 3 nitrogen and oxygen atoms in total. The van der Waals surface area contributed by atoms with Crippen LogP contribution >= 0.6 is 22.6 Å². The molecule has 1 N–H and O–H groups in total. The number of hydrogen-bond acceptors (Lipinski definition) is 2. The molecule has 0 radical (unpaired) electrons. The molecule has 1 aromatic heterocycles. The van der Waals surface area contributed by atoms with Crippen LogP contribution in [0, 0.1) is 3.70 Å². The molecule has 0 spiro atoms. The molecule has 14 heavy (non-hydrogen) atoms. The first-order valence-corrected chi connectivity index (χ1v) is 5.15. The van der Waals surface area contributed by atoms with Crippen LogP contribution in [0.15, 0.2) is 29.1 Å². The van der Waals surface area contributed by atoms with Crippen LogP contribution in [0.25, 0.3) is 10.8 Å². The van der Waals surface area contributed by atoms with Crippen LogP contribution in [0.1, 0.15) is 0 Å². The summed E-state index contributed by atoms with van der Waals surface area (Å²) < 4.78 is 5.94. The maximum Gasteiger partial charge on any atom is 0.249 e. The van der Waals surface area contributed by atoms with Crippen molar-refractivity contribution in [3.05, 3.63) is 38.3 Å². The Bertz CT molecular complexity index is 533. The molecule has 2 rings (SSSR count). The summed E-state index contributed by atoms with van der Waals surface area (Å²) in [5, 5.41) is 1.93. The maximum atomic E-state index is 11.2. The van der Waals surface area contributed by atoms with E-state index in [1.165, 1.54) is 0 Å². The highest BCUT2D eigenvalue weighted by molar-refractivity contribution is 14.1.